The van der Waals surface area contributed by atoms with Crippen molar-refractivity contribution in [2.45, 2.75) is 13.5 Å². The van der Waals surface area contributed by atoms with Crippen LogP contribution in [0.5, 0.6) is 0 Å². The molecule has 0 saturated heterocycles. The lowest BCUT2D eigenvalue weighted by molar-refractivity contribution is 0.0697. The van der Waals surface area contributed by atoms with E-state index in [-0.39, 0.29) is 5.56 Å². The van der Waals surface area contributed by atoms with Crippen molar-refractivity contribution in [2.75, 3.05) is 5.32 Å². The monoisotopic (exact) mass is 270 g/mol. The molecule has 102 valence electrons. The summed E-state index contributed by atoms with van der Waals surface area (Å²) in [6, 6.07) is 8.71. The van der Waals surface area contributed by atoms with E-state index in [2.05, 4.69) is 16.5 Å². The highest BCUT2D eigenvalue weighted by atomic mass is 16.4. The number of carbonyl (C=O) groups is 1. The van der Waals surface area contributed by atoms with Crippen molar-refractivity contribution in [1.29, 1.82) is 5.26 Å². The molecule has 6 heteroatoms. The fourth-order valence-electron chi connectivity index (χ4n) is 1.95. The number of nitriles is 1. The van der Waals surface area contributed by atoms with Gasteiger partial charge in [0.2, 0.25) is 0 Å². The molecule has 0 unspecified atom stereocenters. The zero-order valence-corrected chi connectivity index (χ0v) is 11.2. The molecule has 2 aromatic rings. The summed E-state index contributed by atoms with van der Waals surface area (Å²) in [5, 5.41) is 25.3. The van der Waals surface area contributed by atoms with Crippen molar-refractivity contribution >= 4 is 11.8 Å². The molecule has 0 amide bonds. The number of aromatic carboxylic acids is 1. The molecule has 1 heterocycles. The first-order chi connectivity index (χ1) is 9.52. The molecule has 0 atom stereocenters. The molecular formula is C14H14N4O2. The van der Waals surface area contributed by atoms with Gasteiger partial charge in [-0.05, 0) is 24.6 Å². The third-order valence-corrected chi connectivity index (χ3v) is 2.99. The average molecular weight is 270 g/mol. The molecular weight excluding hydrogens is 256 g/mol. The normalized spacial score (nSPS) is 10.1. The number of anilines is 1. The first-order valence-electron chi connectivity index (χ1n) is 6.02. The summed E-state index contributed by atoms with van der Waals surface area (Å²) in [4.78, 5) is 10.8. The predicted molar refractivity (Wildman–Crippen MR) is 73.4 cm³/mol. The highest BCUT2D eigenvalue weighted by Gasteiger charge is 2.12. The van der Waals surface area contributed by atoms with Gasteiger partial charge in [0.15, 0.2) is 0 Å². The Morgan fingerprint density at radius 2 is 2.10 bits per heavy atom. The van der Waals surface area contributed by atoms with Crippen molar-refractivity contribution in [2.24, 2.45) is 7.05 Å². The Bertz CT molecular complexity index is 680. The summed E-state index contributed by atoms with van der Waals surface area (Å²) in [7, 11) is 1.77. The molecule has 0 aliphatic carbocycles. The van der Waals surface area contributed by atoms with Crippen molar-refractivity contribution < 1.29 is 9.90 Å². The van der Waals surface area contributed by atoms with Gasteiger partial charge in [0.1, 0.15) is 17.5 Å². The molecule has 1 aromatic carbocycles. The van der Waals surface area contributed by atoms with E-state index in [0.29, 0.717) is 23.6 Å². The molecule has 0 aliphatic heterocycles. The second kappa shape index (κ2) is 5.45. The van der Waals surface area contributed by atoms with Crippen LogP contribution in [-0.4, -0.2) is 20.9 Å². The fourth-order valence-corrected chi connectivity index (χ4v) is 1.95. The summed E-state index contributed by atoms with van der Waals surface area (Å²) < 4.78 is 1.62. The van der Waals surface area contributed by atoms with Crippen LogP contribution in [0.4, 0.5) is 5.82 Å². The van der Waals surface area contributed by atoms with Crippen LogP contribution in [0.15, 0.2) is 24.3 Å². The number of carboxylic acids is 1. The Balaban J connectivity index is 2.13. The maximum absolute atomic E-state index is 10.8. The van der Waals surface area contributed by atoms with Gasteiger partial charge >= 0.3 is 5.97 Å². The quantitative estimate of drug-likeness (QED) is 0.885. The van der Waals surface area contributed by atoms with E-state index in [4.69, 9.17) is 10.4 Å². The largest absolute Gasteiger partial charge is 0.478 e. The van der Waals surface area contributed by atoms with Crippen molar-refractivity contribution in [3.63, 3.8) is 0 Å². The lowest BCUT2D eigenvalue weighted by Crippen LogP contribution is -2.06. The number of aromatic nitrogens is 2. The van der Waals surface area contributed by atoms with E-state index in [0.717, 1.165) is 5.56 Å². The SMILES string of the molecule is Cc1nn(C)c(NCc2ccc(C(=O)O)cc2)c1C#N. The molecule has 0 aliphatic rings. The van der Waals surface area contributed by atoms with Gasteiger partial charge in [0.25, 0.3) is 0 Å². The molecule has 1 aromatic heterocycles. The van der Waals surface area contributed by atoms with Crippen LogP contribution >= 0.6 is 0 Å². The Labute approximate surface area is 116 Å². The lowest BCUT2D eigenvalue weighted by Gasteiger charge is -2.07. The third-order valence-electron chi connectivity index (χ3n) is 2.99. The van der Waals surface area contributed by atoms with Crippen LogP contribution < -0.4 is 5.32 Å². The second-order valence-corrected chi connectivity index (χ2v) is 4.40. The maximum atomic E-state index is 10.8. The van der Waals surface area contributed by atoms with Gasteiger partial charge in [-0.2, -0.15) is 10.4 Å². The van der Waals surface area contributed by atoms with Crippen molar-refractivity contribution in [1.82, 2.24) is 9.78 Å². The van der Waals surface area contributed by atoms with Gasteiger partial charge < -0.3 is 10.4 Å². The summed E-state index contributed by atoms with van der Waals surface area (Å²) >= 11 is 0. The van der Waals surface area contributed by atoms with Crippen molar-refractivity contribution in [3.8, 4) is 6.07 Å². The Kier molecular flexibility index (Phi) is 3.71. The van der Waals surface area contributed by atoms with Crippen LogP contribution in [0, 0.1) is 18.3 Å². The van der Waals surface area contributed by atoms with Gasteiger partial charge in [0.05, 0.1) is 11.3 Å². The van der Waals surface area contributed by atoms with E-state index >= 15 is 0 Å². The summed E-state index contributed by atoms with van der Waals surface area (Å²) in [5.41, 5.74) is 2.38. The van der Waals surface area contributed by atoms with E-state index in [1.54, 1.807) is 42.9 Å². The Morgan fingerprint density at radius 1 is 1.45 bits per heavy atom. The topological polar surface area (TPSA) is 90.9 Å². The molecule has 2 N–H and O–H groups in total. The Morgan fingerprint density at radius 3 is 2.65 bits per heavy atom. The van der Waals surface area contributed by atoms with E-state index in [1.807, 2.05) is 0 Å². The van der Waals surface area contributed by atoms with E-state index in [9.17, 15) is 4.79 Å². The summed E-state index contributed by atoms with van der Waals surface area (Å²) in [5.74, 6) is -0.286. The van der Waals surface area contributed by atoms with E-state index < -0.39 is 5.97 Å². The first-order valence-corrected chi connectivity index (χ1v) is 6.02. The van der Waals surface area contributed by atoms with Crippen LogP contribution in [0.3, 0.4) is 0 Å². The van der Waals surface area contributed by atoms with Gasteiger partial charge in [-0.3, -0.25) is 4.68 Å². The van der Waals surface area contributed by atoms with Gasteiger partial charge in [0, 0.05) is 13.6 Å². The van der Waals surface area contributed by atoms with Gasteiger partial charge in [-0.25, -0.2) is 4.79 Å². The Hall–Kier alpha value is -2.81. The maximum Gasteiger partial charge on any atom is 0.335 e. The molecule has 0 radical (unpaired) electrons. The van der Waals surface area contributed by atoms with Gasteiger partial charge in [-0.15, -0.1) is 0 Å². The fraction of sp³-hybridized carbons (Fsp3) is 0.214. The third kappa shape index (κ3) is 2.62. The van der Waals surface area contributed by atoms with Crippen LogP contribution in [0.1, 0.15) is 27.2 Å². The highest BCUT2D eigenvalue weighted by molar-refractivity contribution is 5.87. The number of nitrogens with one attached hydrogen (secondary N) is 1. The average Bonchev–Trinajstić information content (AvgIpc) is 2.70. The zero-order chi connectivity index (χ0) is 14.7. The molecule has 0 saturated carbocycles. The number of nitrogens with zero attached hydrogens (tertiary/aromatic N) is 3. The second-order valence-electron chi connectivity index (χ2n) is 4.40. The van der Waals surface area contributed by atoms with E-state index in [1.165, 1.54) is 0 Å². The minimum atomic E-state index is -0.946. The highest BCUT2D eigenvalue weighted by Crippen LogP contribution is 2.18. The van der Waals surface area contributed by atoms with Crippen LogP contribution in [0.25, 0.3) is 0 Å². The molecule has 2 rings (SSSR count). The number of rotatable bonds is 4. The molecule has 20 heavy (non-hydrogen) atoms. The molecule has 6 nitrogen and oxygen atoms in total. The number of hydrogen-bond donors (Lipinski definition) is 2. The summed E-state index contributed by atoms with van der Waals surface area (Å²) in [6.07, 6.45) is 0. The number of carboxylic acid groups (broad SMARTS) is 1. The predicted octanol–water partition coefficient (Wildman–Crippen LogP) is 1.91. The minimum absolute atomic E-state index is 0.253. The number of hydrogen-bond acceptors (Lipinski definition) is 4. The smallest absolute Gasteiger partial charge is 0.335 e. The minimum Gasteiger partial charge on any atom is -0.478 e. The standard InChI is InChI=1S/C14H14N4O2/c1-9-12(7-15)13(18(2)17-9)16-8-10-3-5-11(6-4-10)14(19)20/h3-6,16H,8H2,1-2H3,(H,19,20). The lowest BCUT2D eigenvalue weighted by atomic mass is 10.1. The molecule has 0 spiro atoms. The molecule has 0 fully saturated rings. The first kappa shape index (κ1) is 13.6. The van der Waals surface area contributed by atoms with Gasteiger partial charge in [-0.1, -0.05) is 12.1 Å². The number of benzene rings is 1. The zero-order valence-electron chi connectivity index (χ0n) is 11.2. The molecule has 0 bridgehead atoms. The van der Waals surface area contributed by atoms with Crippen LogP contribution in [0.2, 0.25) is 0 Å². The number of aryl methyl sites for hydroxylation is 2. The van der Waals surface area contributed by atoms with Crippen molar-refractivity contribution in [3.05, 3.63) is 46.6 Å². The van der Waals surface area contributed by atoms with Crippen LogP contribution in [-0.2, 0) is 13.6 Å². The summed E-state index contributed by atoms with van der Waals surface area (Å²) in [6.45, 7) is 2.28.